The van der Waals surface area contributed by atoms with E-state index in [0.717, 1.165) is 38.7 Å². The average Bonchev–Trinajstić information content (AvgIpc) is 3.25. The minimum Gasteiger partial charge on any atom is -0.451 e. The molecular formula is C24H22N4O2. The second-order valence-corrected chi connectivity index (χ2v) is 7.05. The quantitative estimate of drug-likeness (QED) is 0.154. The van der Waals surface area contributed by atoms with Gasteiger partial charge in [-0.25, -0.2) is 5.84 Å². The maximum absolute atomic E-state index is 12.5. The molecular weight excluding hydrogens is 376 g/mol. The Labute approximate surface area is 174 Å². The largest absolute Gasteiger partial charge is 0.451 e. The molecule has 4 rings (SSSR count). The maximum Gasteiger partial charge on any atom is 0.300 e. The number of carbonyl (C=O) groups is 1. The van der Waals surface area contributed by atoms with Crippen LogP contribution in [0.4, 0.5) is 0 Å². The third-order valence-corrected chi connectivity index (χ3v) is 4.94. The summed E-state index contributed by atoms with van der Waals surface area (Å²) in [6.45, 7) is 3.90. The first-order valence-corrected chi connectivity index (χ1v) is 9.55. The molecule has 2 aromatic heterocycles. The summed E-state index contributed by atoms with van der Waals surface area (Å²) in [6, 6.07) is 15.7. The normalized spacial score (nSPS) is 11.5. The Balaban J connectivity index is 1.74. The van der Waals surface area contributed by atoms with Crippen LogP contribution < -0.4 is 16.0 Å². The average molecular weight is 398 g/mol. The fourth-order valence-corrected chi connectivity index (χ4v) is 3.51. The van der Waals surface area contributed by atoms with Gasteiger partial charge in [-0.1, -0.05) is 18.2 Å². The summed E-state index contributed by atoms with van der Waals surface area (Å²) < 4.78 is 6.09. The molecule has 2 heterocycles. The summed E-state index contributed by atoms with van der Waals surface area (Å²) in [4.78, 5) is 19.8. The van der Waals surface area contributed by atoms with Gasteiger partial charge in [-0.05, 0) is 72.5 Å². The lowest BCUT2D eigenvalue weighted by atomic mass is 10.0. The minimum atomic E-state index is -0.502. The number of hydrazine groups is 1. The van der Waals surface area contributed by atoms with Crippen LogP contribution in [0.3, 0.4) is 0 Å². The predicted octanol–water partition coefficient (Wildman–Crippen LogP) is 4.26. The van der Waals surface area contributed by atoms with Crippen molar-refractivity contribution in [2.75, 3.05) is 0 Å². The highest BCUT2D eigenvalue weighted by Crippen LogP contribution is 2.31. The number of aromatic amines is 1. The number of H-pyrrole nitrogens is 1. The molecule has 4 N–H and O–H groups in total. The minimum absolute atomic E-state index is 0.117. The molecule has 2 aromatic carbocycles. The number of nitrogens with zero attached hydrogens (tertiary/aromatic N) is 1. The standard InChI is InChI=1S/C24H22N4O2/c1-15-11-19(18-6-4-9-26-14-18)12-16(2)23(15)30-22(24(29)28-25)13-17-5-3-7-21-20(17)8-10-27-21/h3-14,27H,25H2,1-2H3,(H,28,29)/b22-13-. The first-order valence-electron chi connectivity index (χ1n) is 9.55. The third kappa shape index (κ3) is 3.81. The van der Waals surface area contributed by atoms with Crippen molar-refractivity contribution in [3.8, 4) is 16.9 Å². The molecule has 0 aliphatic heterocycles. The van der Waals surface area contributed by atoms with E-state index in [2.05, 4.69) is 15.4 Å². The molecule has 0 saturated heterocycles. The predicted molar refractivity (Wildman–Crippen MR) is 118 cm³/mol. The molecule has 6 heteroatoms. The molecule has 30 heavy (non-hydrogen) atoms. The lowest BCUT2D eigenvalue weighted by molar-refractivity contribution is -0.119. The van der Waals surface area contributed by atoms with Gasteiger partial charge in [0.15, 0.2) is 5.76 Å². The fourth-order valence-electron chi connectivity index (χ4n) is 3.51. The number of hydrogen-bond donors (Lipinski definition) is 3. The van der Waals surface area contributed by atoms with Crippen molar-refractivity contribution in [1.82, 2.24) is 15.4 Å². The van der Waals surface area contributed by atoms with Gasteiger partial charge in [-0.2, -0.15) is 0 Å². The number of aromatic nitrogens is 2. The lowest BCUT2D eigenvalue weighted by Gasteiger charge is -2.15. The summed E-state index contributed by atoms with van der Waals surface area (Å²) in [7, 11) is 0. The van der Waals surface area contributed by atoms with E-state index < -0.39 is 5.91 Å². The lowest BCUT2D eigenvalue weighted by Crippen LogP contribution is -2.33. The van der Waals surface area contributed by atoms with Crippen LogP contribution in [-0.4, -0.2) is 15.9 Å². The Hall–Kier alpha value is -3.90. The smallest absolute Gasteiger partial charge is 0.300 e. The molecule has 4 aromatic rings. The van der Waals surface area contributed by atoms with Crippen LogP contribution in [0, 0.1) is 13.8 Å². The molecule has 0 aliphatic rings. The van der Waals surface area contributed by atoms with Crippen LogP contribution in [0.5, 0.6) is 5.75 Å². The van der Waals surface area contributed by atoms with Gasteiger partial charge < -0.3 is 9.72 Å². The molecule has 1 amide bonds. The second kappa shape index (κ2) is 8.23. The Morgan fingerprint density at radius 3 is 2.60 bits per heavy atom. The molecule has 0 saturated carbocycles. The van der Waals surface area contributed by atoms with Crippen LogP contribution in [0.25, 0.3) is 28.1 Å². The van der Waals surface area contributed by atoms with Crippen molar-refractivity contribution in [3.05, 3.63) is 89.6 Å². The van der Waals surface area contributed by atoms with Crippen molar-refractivity contribution in [2.45, 2.75) is 13.8 Å². The molecule has 0 fully saturated rings. The van der Waals surface area contributed by atoms with E-state index >= 15 is 0 Å². The van der Waals surface area contributed by atoms with E-state index in [1.54, 1.807) is 12.3 Å². The number of aryl methyl sites for hydroxylation is 2. The maximum atomic E-state index is 12.5. The summed E-state index contributed by atoms with van der Waals surface area (Å²) in [5.74, 6) is 5.65. The summed E-state index contributed by atoms with van der Waals surface area (Å²) >= 11 is 0. The third-order valence-electron chi connectivity index (χ3n) is 4.94. The molecule has 6 nitrogen and oxygen atoms in total. The zero-order chi connectivity index (χ0) is 21.1. The van der Waals surface area contributed by atoms with Crippen LogP contribution >= 0.6 is 0 Å². The monoisotopic (exact) mass is 398 g/mol. The van der Waals surface area contributed by atoms with Gasteiger partial charge in [0, 0.05) is 35.1 Å². The molecule has 0 bridgehead atoms. The number of ether oxygens (including phenoxy) is 1. The number of nitrogens with two attached hydrogens (primary N) is 1. The number of carbonyl (C=O) groups excluding carboxylic acids is 1. The van der Waals surface area contributed by atoms with Crippen LogP contribution in [0.15, 0.2) is 72.9 Å². The van der Waals surface area contributed by atoms with Gasteiger partial charge in [-0.3, -0.25) is 15.2 Å². The van der Waals surface area contributed by atoms with Crippen molar-refractivity contribution < 1.29 is 9.53 Å². The molecule has 0 atom stereocenters. The number of rotatable bonds is 5. The van der Waals surface area contributed by atoms with Gasteiger partial charge >= 0.3 is 5.91 Å². The van der Waals surface area contributed by atoms with Crippen molar-refractivity contribution in [2.24, 2.45) is 5.84 Å². The van der Waals surface area contributed by atoms with Gasteiger partial charge in [-0.15, -0.1) is 0 Å². The van der Waals surface area contributed by atoms with Gasteiger partial charge in [0.1, 0.15) is 5.75 Å². The van der Waals surface area contributed by atoms with E-state index in [9.17, 15) is 4.79 Å². The van der Waals surface area contributed by atoms with E-state index in [4.69, 9.17) is 10.6 Å². The number of amides is 1. The van der Waals surface area contributed by atoms with Crippen LogP contribution in [0.1, 0.15) is 16.7 Å². The van der Waals surface area contributed by atoms with Gasteiger partial charge in [0.25, 0.3) is 0 Å². The van der Waals surface area contributed by atoms with Crippen LogP contribution in [-0.2, 0) is 4.79 Å². The Morgan fingerprint density at radius 2 is 1.90 bits per heavy atom. The fraction of sp³-hybridized carbons (Fsp3) is 0.0833. The Bertz CT molecular complexity index is 1220. The molecule has 0 spiro atoms. The van der Waals surface area contributed by atoms with Crippen molar-refractivity contribution >= 4 is 22.9 Å². The van der Waals surface area contributed by atoms with Crippen LogP contribution in [0.2, 0.25) is 0 Å². The van der Waals surface area contributed by atoms with E-state index in [0.29, 0.717) is 5.75 Å². The second-order valence-electron chi connectivity index (χ2n) is 7.05. The molecule has 0 radical (unpaired) electrons. The van der Waals surface area contributed by atoms with Crippen molar-refractivity contribution in [3.63, 3.8) is 0 Å². The first kappa shape index (κ1) is 19.4. The highest BCUT2D eigenvalue weighted by molar-refractivity contribution is 5.99. The van der Waals surface area contributed by atoms with E-state index in [1.807, 2.05) is 74.8 Å². The van der Waals surface area contributed by atoms with Crippen molar-refractivity contribution in [1.29, 1.82) is 0 Å². The Kier molecular flexibility index (Phi) is 5.32. The van der Waals surface area contributed by atoms with E-state index in [1.165, 1.54) is 0 Å². The molecule has 0 unspecified atom stereocenters. The molecule has 150 valence electrons. The number of hydrogen-bond acceptors (Lipinski definition) is 4. The highest BCUT2D eigenvalue weighted by Gasteiger charge is 2.16. The highest BCUT2D eigenvalue weighted by atomic mass is 16.5. The first-order chi connectivity index (χ1) is 14.6. The summed E-state index contributed by atoms with van der Waals surface area (Å²) in [5, 5.41) is 0.990. The number of nitrogens with one attached hydrogen (secondary N) is 2. The topological polar surface area (TPSA) is 93.0 Å². The number of pyridine rings is 1. The van der Waals surface area contributed by atoms with Gasteiger partial charge in [0.05, 0.1) is 0 Å². The van der Waals surface area contributed by atoms with E-state index in [-0.39, 0.29) is 5.76 Å². The number of fused-ring (bicyclic) bond motifs is 1. The number of benzene rings is 2. The summed E-state index contributed by atoms with van der Waals surface area (Å²) in [5.41, 5.74) is 7.88. The molecule has 0 aliphatic carbocycles. The Morgan fingerprint density at radius 1 is 1.10 bits per heavy atom. The van der Waals surface area contributed by atoms with Gasteiger partial charge in [0.2, 0.25) is 0 Å². The SMILES string of the molecule is Cc1cc(-c2cccnc2)cc(C)c1O/C(=C\c1cccc2[nH]ccc12)C(=O)NN. The zero-order valence-electron chi connectivity index (χ0n) is 16.8. The zero-order valence-corrected chi connectivity index (χ0v) is 16.8. The summed E-state index contributed by atoms with van der Waals surface area (Å²) in [6.07, 6.45) is 7.12.